The van der Waals surface area contributed by atoms with Crippen LogP contribution in [0.2, 0.25) is 0 Å². The summed E-state index contributed by atoms with van der Waals surface area (Å²) in [6, 6.07) is 2.76. The number of hydrogen-bond donors (Lipinski definition) is 1. The van der Waals surface area contributed by atoms with Crippen LogP contribution in [0, 0.1) is 6.92 Å². The van der Waals surface area contributed by atoms with Gasteiger partial charge in [-0.15, -0.1) is 0 Å². The molecule has 0 aliphatic heterocycles. The van der Waals surface area contributed by atoms with Gasteiger partial charge >= 0.3 is 0 Å². The van der Waals surface area contributed by atoms with Crippen molar-refractivity contribution in [3.63, 3.8) is 0 Å². The molecule has 0 bridgehead atoms. The summed E-state index contributed by atoms with van der Waals surface area (Å²) in [4.78, 5) is 6.99. The predicted octanol–water partition coefficient (Wildman–Crippen LogP) is 3.90. The van der Waals surface area contributed by atoms with Gasteiger partial charge in [0, 0.05) is 42.3 Å². The molecule has 1 aromatic rings. The summed E-state index contributed by atoms with van der Waals surface area (Å²) in [7, 11) is 0. The molecule has 0 aliphatic carbocycles. The van der Waals surface area contributed by atoms with Gasteiger partial charge in [-0.2, -0.15) is 0 Å². The second-order valence-electron chi connectivity index (χ2n) is 5.73. The Morgan fingerprint density at radius 1 is 1.25 bits per heavy atom. The Hall–Kier alpha value is -1.09. The molecule has 0 saturated carbocycles. The van der Waals surface area contributed by atoms with Crippen molar-refractivity contribution in [3.05, 3.63) is 23.5 Å². The zero-order valence-electron chi connectivity index (χ0n) is 13.9. The van der Waals surface area contributed by atoms with Gasteiger partial charge in [0.15, 0.2) is 0 Å². The normalized spacial score (nSPS) is 11.1. The van der Waals surface area contributed by atoms with Gasteiger partial charge in [-0.1, -0.05) is 26.7 Å². The third kappa shape index (κ3) is 5.12. The summed E-state index contributed by atoms with van der Waals surface area (Å²) < 4.78 is 0. The Labute approximate surface area is 124 Å². The Kier molecular flexibility index (Phi) is 7.60. The molecule has 0 aliphatic rings. The van der Waals surface area contributed by atoms with Crippen LogP contribution in [0.25, 0.3) is 0 Å². The van der Waals surface area contributed by atoms with Crippen molar-refractivity contribution in [2.24, 2.45) is 0 Å². The number of unbranched alkanes of at least 4 members (excludes halogenated alkanes) is 2. The smallest absolute Gasteiger partial charge is 0.0447 e. The third-order valence-electron chi connectivity index (χ3n) is 3.60. The van der Waals surface area contributed by atoms with Crippen LogP contribution >= 0.6 is 0 Å². The summed E-state index contributed by atoms with van der Waals surface area (Å²) in [5.41, 5.74) is 3.76. The van der Waals surface area contributed by atoms with E-state index in [1.54, 1.807) is 0 Å². The predicted molar refractivity (Wildman–Crippen MR) is 88.4 cm³/mol. The van der Waals surface area contributed by atoms with Crippen LogP contribution < -0.4 is 10.2 Å². The van der Waals surface area contributed by atoms with Crippen LogP contribution in [-0.4, -0.2) is 24.1 Å². The fraction of sp³-hybridized carbons (Fsp3) is 0.706. The van der Waals surface area contributed by atoms with E-state index < -0.39 is 0 Å². The fourth-order valence-electron chi connectivity index (χ4n) is 2.43. The lowest BCUT2D eigenvalue weighted by molar-refractivity contribution is 0.619. The average molecular weight is 277 g/mol. The second kappa shape index (κ2) is 8.96. The second-order valence-corrected chi connectivity index (χ2v) is 5.73. The molecular formula is C17H31N3. The maximum absolute atomic E-state index is 4.46. The molecule has 0 atom stereocenters. The van der Waals surface area contributed by atoms with Crippen molar-refractivity contribution in [1.29, 1.82) is 0 Å². The number of aryl methyl sites for hydroxylation is 1. The van der Waals surface area contributed by atoms with Gasteiger partial charge in [-0.3, -0.25) is 4.98 Å². The lowest BCUT2D eigenvalue weighted by Gasteiger charge is -2.31. The van der Waals surface area contributed by atoms with Gasteiger partial charge in [-0.25, -0.2) is 0 Å². The van der Waals surface area contributed by atoms with Crippen LogP contribution in [0.3, 0.4) is 0 Å². The van der Waals surface area contributed by atoms with E-state index in [-0.39, 0.29) is 0 Å². The molecule has 1 aromatic heterocycles. The van der Waals surface area contributed by atoms with Gasteiger partial charge in [0.25, 0.3) is 0 Å². The van der Waals surface area contributed by atoms with Gasteiger partial charge < -0.3 is 10.2 Å². The van der Waals surface area contributed by atoms with Crippen molar-refractivity contribution in [3.8, 4) is 0 Å². The first kappa shape index (κ1) is 17.0. The molecule has 0 saturated heterocycles. The molecule has 0 unspecified atom stereocenters. The van der Waals surface area contributed by atoms with Crippen LogP contribution in [0.15, 0.2) is 12.3 Å². The Morgan fingerprint density at radius 2 is 2.00 bits per heavy atom. The minimum Gasteiger partial charge on any atom is -0.369 e. The molecule has 1 rings (SSSR count). The summed E-state index contributed by atoms with van der Waals surface area (Å²) in [5, 5.41) is 3.42. The molecule has 114 valence electrons. The lowest BCUT2D eigenvalue weighted by Crippen LogP contribution is -2.33. The van der Waals surface area contributed by atoms with Crippen LogP contribution in [0.4, 0.5) is 5.69 Å². The number of hydrogen-bond acceptors (Lipinski definition) is 3. The van der Waals surface area contributed by atoms with E-state index in [0.717, 1.165) is 25.3 Å². The van der Waals surface area contributed by atoms with Gasteiger partial charge in [0.2, 0.25) is 0 Å². The number of anilines is 1. The maximum atomic E-state index is 4.46. The first-order valence-electron chi connectivity index (χ1n) is 8.03. The molecule has 3 heteroatoms. The molecule has 0 radical (unpaired) electrons. The highest BCUT2D eigenvalue weighted by molar-refractivity contribution is 5.54. The topological polar surface area (TPSA) is 28.2 Å². The van der Waals surface area contributed by atoms with Crippen molar-refractivity contribution in [2.45, 2.75) is 66.5 Å². The molecule has 0 aromatic carbocycles. The van der Waals surface area contributed by atoms with Gasteiger partial charge in [-0.05, 0) is 39.8 Å². The Bertz CT molecular complexity index is 388. The number of nitrogens with one attached hydrogen (secondary N) is 1. The van der Waals surface area contributed by atoms with Crippen molar-refractivity contribution in [2.75, 3.05) is 18.0 Å². The number of nitrogens with zero attached hydrogens (tertiary/aromatic N) is 2. The first-order chi connectivity index (χ1) is 9.60. The molecular weight excluding hydrogens is 246 g/mol. The van der Waals surface area contributed by atoms with Crippen molar-refractivity contribution < 1.29 is 0 Å². The maximum Gasteiger partial charge on any atom is 0.0447 e. The quantitative estimate of drug-likeness (QED) is 0.694. The monoisotopic (exact) mass is 277 g/mol. The molecule has 0 amide bonds. The molecule has 20 heavy (non-hydrogen) atoms. The zero-order valence-corrected chi connectivity index (χ0v) is 13.9. The highest BCUT2D eigenvalue weighted by Crippen LogP contribution is 2.24. The van der Waals surface area contributed by atoms with E-state index in [4.69, 9.17) is 0 Å². The van der Waals surface area contributed by atoms with E-state index >= 15 is 0 Å². The highest BCUT2D eigenvalue weighted by Gasteiger charge is 2.14. The Morgan fingerprint density at radius 3 is 2.60 bits per heavy atom. The van der Waals surface area contributed by atoms with E-state index in [2.05, 4.69) is 55.9 Å². The molecule has 0 fully saturated rings. The summed E-state index contributed by atoms with van der Waals surface area (Å²) in [6.07, 6.45) is 5.86. The average Bonchev–Trinajstić information content (AvgIpc) is 2.42. The summed E-state index contributed by atoms with van der Waals surface area (Å²) >= 11 is 0. The molecule has 1 N–H and O–H groups in total. The van der Waals surface area contributed by atoms with E-state index in [1.165, 1.54) is 30.5 Å². The lowest BCUT2D eigenvalue weighted by atomic mass is 10.1. The molecule has 3 nitrogen and oxygen atoms in total. The van der Waals surface area contributed by atoms with Crippen molar-refractivity contribution in [1.82, 2.24) is 10.3 Å². The zero-order chi connectivity index (χ0) is 15.0. The first-order valence-corrected chi connectivity index (χ1v) is 8.03. The number of aromatic nitrogens is 1. The standard InChI is InChI=1S/C17H31N3/c1-6-8-9-10-20(14(3)4)17-11-15(5)19-13-16(17)12-18-7-2/h11,13-14,18H,6-10,12H2,1-5H3. The third-order valence-corrected chi connectivity index (χ3v) is 3.60. The van der Waals surface area contributed by atoms with Gasteiger partial charge in [0.1, 0.15) is 0 Å². The van der Waals surface area contributed by atoms with Crippen LogP contribution in [0.1, 0.15) is 58.2 Å². The van der Waals surface area contributed by atoms with E-state index in [0.29, 0.717) is 6.04 Å². The SMILES string of the molecule is CCCCCN(c1cc(C)ncc1CNCC)C(C)C. The van der Waals surface area contributed by atoms with E-state index in [1.807, 2.05) is 6.20 Å². The van der Waals surface area contributed by atoms with Crippen LogP contribution in [0.5, 0.6) is 0 Å². The van der Waals surface area contributed by atoms with Crippen molar-refractivity contribution >= 4 is 5.69 Å². The highest BCUT2D eigenvalue weighted by atomic mass is 15.2. The minimum absolute atomic E-state index is 0.522. The summed E-state index contributed by atoms with van der Waals surface area (Å²) in [5.74, 6) is 0. The fourth-order valence-corrected chi connectivity index (χ4v) is 2.43. The molecule has 0 spiro atoms. The number of pyridine rings is 1. The number of rotatable bonds is 9. The minimum atomic E-state index is 0.522. The van der Waals surface area contributed by atoms with E-state index in [9.17, 15) is 0 Å². The largest absolute Gasteiger partial charge is 0.369 e. The van der Waals surface area contributed by atoms with Crippen LogP contribution in [-0.2, 0) is 6.54 Å². The van der Waals surface area contributed by atoms with Gasteiger partial charge in [0.05, 0.1) is 0 Å². The summed E-state index contributed by atoms with van der Waals surface area (Å²) in [6.45, 7) is 14.0. The molecule has 1 heterocycles. The Balaban J connectivity index is 2.94.